The van der Waals surface area contributed by atoms with E-state index in [0.717, 1.165) is 10.0 Å². The Hall–Kier alpha value is -2.01. The molecule has 0 saturated carbocycles. The fourth-order valence-corrected chi connectivity index (χ4v) is 1.96. The summed E-state index contributed by atoms with van der Waals surface area (Å²) < 4.78 is 1.01. The molecule has 0 saturated heterocycles. The minimum atomic E-state index is -0.995. The van der Waals surface area contributed by atoms with Crippen LogP contribution in [0.15, 0.2) is 46.9 Å². The summed E-state index contributed by atoms with van der Waals surface area (Å²) in [4.78, 5) is 11.1. The molecule has 0 amide bonds. The summed E-state index contributed by atoms with van der Waals surface area (Å²) in [7, 11) is 0. The lowest BCUT2D eigenvalue weighted by Gasteiger charge is -2.10. The van der Waals surface area contributed by atoms with Crippen LogP contribution in [0.5, 0.6) is 0 Å². The smallest absolute Gasteiger partial charge is 0.337 e. The molecule has 0 aliphatic rings. The van der Waals surface area contributed by atoms with E-state index < -0.39 is 5.97 Å². The second-order valence-electron chi connectivity index (χ2n) is 4.09. The van der Waals surface area contributed by atoms with E-state index in [1.165, 1.54) is 6.07 Å². The first kappa shape index (κ1) is 13.4. The van der Waals surface area contributed by atoms with Gasteiger partial charge in [-0.05, 0) is 35.9 Å². The Kier molecular flexibility index (Phi) is 4.06. The van der Waals surface area contributed by atoms with Gasteiger partial charge in [-0.25, -0.2) is 4.79 Å². The maximum absolute atomic E-state index is 11.1. The summed E-state index contributed by atoms with van der Waals surface area (Å²) in [6.07, 6.45) is 0. The van der Waals surface area contributed by atoms with Crippen molar-refractivity contribution >= 4 is 33.3 Å². The van der Waals surface area contributed by atoms with Gasteiger partial charge in [0.15, 0.2) is 0 Å². The number of nitrogen functional groups attached to an aromatic ring is 1. The molecule has 2 rings (SSSR count). The fraction of sp³-hybridized carbons (Fsp3) is 0.0714. The summed E-state index contributed by atoms with van der Waals surface area (Å²) in [6, 6.07) is 12.6. The highest BCUT2D eigenvalue weighted by molar-refractivity contribution is 9.10. The summed E-state index contributed by atoms with van der Waals surface area (Å²) in [6.45, 7) is 0.553. The Balaban J connectivity index is 2.15. The molecule has 0 atom stereocenters. The molecule has 2 aromatic carbocycles. The van der Waals surface area contributed by atoms with Crippen molar-refractivity contribution in [2.75, 3.05) is 11.1 Å². The summed E-state index contributed by atoms with van der Waals surface area (Å²) >= 11 is 3.37. The summed E-state index contributed by atoms with van der Waals surface area (Å²) in [5.41, 5.74) is 7.83. The zero-order chi connectivity index (χ0) is 13.8. The van der Waals surface area contributed by atoms with E-state index in [2.05, 4.69) is 21.2 Å². The van der Waals surface area contributed by atoms with Crippen LogP contribution >= 0.6 is 15.9 Å². The van der Waals surface area contributed by atoms with Gasteiger partial charge in [-0.1, -0.05) is 28.1 Å². The third kappa shape index (κ3) is 3.48. The molecule has 0 aliphatic carbocycles. The number of nitrogens with one attached hydrogen (secondary N) is 1. The Morgan fingerprint density at radius 2 is 1.89 bits per heavy atom. The van der Waals surface area contributed by atoms with E-state index in [9.17, 15) is 4.79 Å². The highest BCUT2D eigenvalue weighted by Gasteiger charge is 2.10. The van der Waals surface area contributed by atoms with E-state index in [1.54, 1.807) is 12.1 Å². The second kappa shape index (κ2) is 5.75. The Labute approximate surface area is 119 Å². The number of rotatable bonds is 4. The summed E-state index contributed by atoms with van der Waals surface area (Å²) in [5, 5.41) is 12.2. The van der Waals surface area contributed by atoms with Crippen molar-refractivity contribution in [1.29, 1.82) is 0 Å². The average Bonchev–Trinajstić information content (AvgIpc) is 2.39. The first-order valence-electron chi connectivity index (χ1n) is 5.67. The Morgan fingerprint density at radius 3 is 2.53 bits per heavy atom. The van der Waals surface area contributed by atoms with Crippen molar-refractivity contribution in [2.45, 2.75) is 6.54 Å². The van der Waals surface area contributed by atoms with Gasteiger partial charge >= 0.3 is 5.97 Å². The molecule has 0 aliphatic heterocycles. The lowest BCUT2D eigenvalue weighted by atomic mass is 10.1. The molecular weight excluding hydrogens is 308 g/mol. The van der Waals surface area contributed by atoms with Gasteiger partial charge in [-0.15, -0.1) is 0 Å². The molecule has 0 spiro atoms. The van der Waals surface area contributed by atoms with Gasteiger partial charge in [0.2, 0.25) is 0 Å². The van der Waals surface area contributed by atoms with Crippen LogP contribution in [0.25, 0.3) is 0 Å². The monoisotopic (exact) mass is 320 g/mol. The van der Waals surface area contributed by atoms with Gasteiger partial charge in [0, 0.05) is 22.4 Å². The van der Waals surface area contributed by atoms with Crippen molar-refractivity contribution in [3.05, 3.63) is 58.1 Å². The number of anilines is 2. The number of nitrogens with two attached hydrogens (primary N) is 1. The van der Waals surface area contributed by atoms with Crippen LogP contribution in [0.2, 0.25) is 0 Å². The minimum Gasteiger partial charge on any atom is -0.478 e. The molecular formula is C14H13BrN2O2. The molecule has 0 aromatic heterocycles. The van der Waals surface area contributed by atoms with Crippen LogP contribution in [0, 0.1) is 0 Å². The molecule has 0 fully saturated rings. The number of carboxylic acid groups (broad SMARTS) is 1. The standard InChI is InChI=1S/C14H13BrN2O2/c15-10-3-1-9(2-4-10)8-17-13-6-5-11(16)7-12(13)14(18)19/h1-7,17H,8,16H2,(H,18,19). The molecule has 2 aromatic rings. The number of hydrogen-bond donors (Lipinski definition) is 3. The third-order valence-electron chi connectivity index (χ3n) is 2.67. The zero-order valence-corrected chi connectivity index (χ0v) is 11.6. The number of benzene rings is 2. The van der Waals surface area contributed by atoms with Crippen LogP contribution in [0.4, 0.5) is 11.4 Å². The van der Waals surface area contributed by atoms with Gasteiger partial charge in [0.05, 0.1) is 5.56 Å². The van der Waals surface area contributed by atoms with Crippen LogP contribution in [-0.4, -0.2) is 11.1 Å². The molecule has 0 bridgehead atoms. The number of aromatic carboxylic acids is 1. The van der Waals surface area contributed by atoms with Crippen molar-refractivity contribution in [1.82, 2.24) is 0 Å². The lowest BCUT2D eigenvalue weighted by molar-refractivity contribution is 0.0698. The molecule has 0 unspecified atom stereocenters. The zero-order valence-electron chi connectivity index (χ0n) is 10.1. The van der Waals surface area contributed by atoms with Gasteiger partial charge in [0.1, 0.15) is 0 Å². The first-order valence-corrected chi connectivity index (χ1v) is 6.46. The molecule has 4 nitrogen and oxygen atoms in total. The molecule has 98 valence electrons. The molecule has 5 heteroatoms. The van der Waals surface area contributed by atoms with Gasteiger partial charge in [-0.3, -0.25) is 0 Å². The van der Waals surface area contributed by atoms with Crippen LogP contribution in [0.1, 0.15) is 15.9 Å². The predicted molar refractivity (Wildman–Crippen MR) is 79.3 cm³/mol. The molecule has 19 heavy (non-hydrogen) atoms. The number of carboxylic acids is 1. The van der Waals surface area contributed by atoms with E-state index in [0.29, 0.717) is 17.9 Å². The van der Waals surface area contributed by atoms with Crippen LogP contribution < -0.4 is 11.1 Å². The maximum atomic E-state index is 11.1. The van der Waals surface area contributed by atoms with Crippen molar-refractivity contribution in [3.8, 4) is 0 Å². The number of hydrogen-bond acceptors (Lipinski definition) is 3. The van der Waals surface area contributed by atoms with Gasteiger partial charge < -0.3 is 16.2 Å². The second-order valence-corrected chi connectivity index (χ2v) is 5.01. The summed E-state index contributed by atoms with van der Waals surface area (Å²) in [5.74, 6) is -0.995. The fourth-order valence-electron chi connectivity index (χ4n) is 1.69. The van der Waals surface area contributed by atoms with Crippen LogP contribution in [0.3, 0.4) is 0 Å². The van der Waals surface area contributed by atoms with E-state index in [4.69, 9.17) is 10.8 Å². The third-order valence-corrected chi connectivity index (χ3v) is 3.20. The predicted octanol–water partition coefficient (Wildman–Crippen LogP) is 3.34. The molecule has 0 heterocycles. The van der Waals surface area contributed by atoms with E-state index >= 15 is 0 Å². The van der Waals surface area contributed by atoms with Crippen molar-refractivity contribution in [3.63, 3.8) is 0 Å². The van der Waals surface area contributed by atoms with E-state index in [-0.39, 0.29) is 5.56 Å². The SMILES string of the molecule is Nc1ccc(NCc2ccc(Br)cc2)c(C(=O)O)c1. The quantitative estimate of drug-likeness (QED) is 0.755. The first-order chi connectivity index (χ1) is 9.06. The maximum Gasteiger partial charge on any atom is 0.337 e. The largest absolute Gasteiger partial charge is 0.478 e. The van der Waals surface area contributed by atoms with Crippen LogP contribution in [-0.2, 0) is 6.54 Å². The number of carbonyl (C=O) groups is 1. The van der Waals surface area contributed by atoms with Crippen molar-refractivity contribution in [2.24, 2.45) is 0 Å². The number of halogens is 1. The average molecular weight is 321 g/mol. The minimum absolute atomic E-state index is 0.178. The Morgan fingerprint density at radius 1 is 1.21 bits per heavy atom. The van der Waals surface area contributed by atoms with Gasteiger partial charge in [0.25, 0.3) is 0 Å². The molecule has 0 radical (unpaired) electrons. The normalized spacial score (nSPS) is 10.2. The topological polar surface area (TPSA) is 75.3 Å². The highest BCUT2D eigenvalue weighted by Crippen LogP contribution is 2.20. The lowest BCUT2D eigenvalue weighted by Crippen LogP contribution is -2.07. The van der Waals surface area contributed by atoms with Crippen molar-refractivity contribution < 1.29 is 9.90 Å². The van der Waals surface area contributed by atoms with Gasteiger partial charge in [-0.2, -0.15) is 0 Å². The highest BCUT2D eigenvalue weighted by atomic mass is 79.9. The Bertz CT molecular complexity index is 597. The molecule has 4 N–H and O–H groups in total. The van der Waals surface area contributed by atoms with E-state index in [1.807, 2.05) is 24.3 Å².